The van der Waals surface area contributed by atoms with Crippen LogP contribution in [0.4, 0.5) is 0 Å². The first-order valence-electron chi connectivity index (χ1n) is 6.59. The van der Waals surface area contributed by atoms with Gasteiger partial charge in [0.25, 0.3) is 0 Å². The second-order valence-corrected chi connectivity index (χ2v) is 7.13. The van der Waals surface area contributed by atoms with E-state index in [1.807, 2.05) is 0 Å². The van der Waals surface area contributed by atoms with Crippen LogP contribution in [0, 0.1) is 17.8 Å². The molecule has 18 heavy (non-hydrogen) atoms. The van der Waals surface area contributed by atoms with E-state index in [2.05, 4.69) is 15.9 Å². The summed E-state index contributed by atoms with van der Waals surface area (Å²) in [5.41, 5.74) is 0. The van der Waals surface area contributed by atoms with Crippen LogP contribution >= 0.6 is 15.9 Å². The highest BCUT2D eigenvalue weighted by Crippen LogP contribution is 2.48. The highest BCUT2D eigenvalue weighted by molar-refractivity contribution is 9.10. The minimum absolute atomic E-state index is 0.0313. The zero-order valence-electron chi connectivity index (χ0n) is 10.3. The minimum atomic E-state index is -0.313. The Kier molecular flexibility index (Phi) is 3.12. The van der Waals surface area contributed by atoms with E-state index in [1.54, 1.807) is 6.92 Å². The van der Waals surface area contributed by atoms with Gasteiger partial charge in [-0.25, -0.2) is 0 Å². The molecule has 0 aromatic rings. The smallest absolute Gasteiger partial charge is 0.319 e. The van der Waals surface area contributed by atoms with Gasteiger partial charge in [-0.2, -0.15) is 0 Å². The molecule has 100 valence electrons. The van der Waals surface area contributed by atoms with Crippen LogP contribution in [0.1, 0.15) is 32.6 Å². The Bertz CT molecular complexity index is 381. The van der Waals surface area contributed by atoms with E-state index in [1.165, 1.54) is 0 Å². The molecule has 2 aliphatic carbocycles. The molecule has 6 atom stereocenters. The molecule has 4 rings (SSSR count). The molecular weight excluding hydrogens is 300 g/mol. The largest absolute Gasteiger partial charge is 0.458 e. The molecule has 4 bridgehead atoms. The molecule has 2 aliphatic heterocycles. The van der Waals surface area contributed by atoms with E-state index < -0.39 is 0 Å². The molecule has 2 heterocycles. The normalized spacial score (nSPS) is 43.2. The van der Waals surface area contributed by atoms with Gasteiger partial charge < -0.3 is 9.47 Å². The monoisotopic (exact) mass is 316 g/mol. The van der Waals surface area contributed by atoms with Crippen molar-refractivity contribution < 1.29 is 19.1 Å². The fourth-order valence-electron chi connectivity index (χ4n) is 3.66. The lowest BCUT2D eigenvalue weighted by Gasteiger charge is -2.41. The summed E-state index contributed by atoms with van der Waals surface area (Å²) in [4.78, 5) is 23.3. The number of alkyl halides is 1. The zero-order chi connectivity index (χ0) is 12.9. The molecule has 4 nitrogen and oxygen atoms in total. The number of ether oxygens (including phenoxy) is 2. The van der Waals surface area contributed by atoms with Crippen molar-refractivity contribution in [3.63, 3.8) is 0 Å². The van der Waals surface area contributed by atoms with Crippen LogP contribution in [0.25, 0.3) is 0 Å². The van der Waals surface area contributed by atoms with Crippen molar-refractivity contribution in [2.45, 2.75) is 49.6 Å². The second kappa shape index (κ2) is 4.51. The van der Waals surface area contributed by atoms with Crippen molar-refractivity contribution in [3.8, 4) is 0 Å². The van der Waals surface area contributed by atoms with Crippen LogP contribution in [0.3, 0.4) is 0 Å². The number of carbonyl (C=O) groups is 2. The predicted octanol–water partition coefficient (Wildman–Crippen LogP) is 2.04. The predicted molar refractivity (Wildman–Crippen MR) is 67.1 cm³/mol. The van der Waals surface area contributed by atoms with Crippen LogP contribution in [-0.4, -0.2) is 29.0 Å². The molecule has 0 spiro atoms. The average Bonchev–Trinajstić information content (AvgIpc) is 2.47. The van der Waals surface area contributed by atoms with Gasteiger partial charge in [-0.05, 0) is 38.5 Å². The summed E-state index contributed by atoms with van der Waals surface area (Å²) in [5, 5.41) is 0. The van der Waals surface area contributed by atoms with Gasteiger partial charge in [0.2, 0.25) is 0 Å². The van der Waals surface area contributed by atoms with Crippen LogP contribution in [0.15, 0.2) is 0 Å². The molecule has 0 aromatic carbocycles. The van der Waals surface area contributed by atoms with Gasteiger partial charge in [-0.15, -0.1) is 0 Å². The maximum Gasteiger partial charge on any atom is 0.319 e. The lowest BCUT2D eigenvalue weighted by atomic mass is 9.67. The van der Waals surface area contributed by atoms with E-state index in [0.29, 0.717) is 11.8 Å². The summed E-state index contributed by atoms with van der Waals surface area (Å²) in [7, 11) is 0. The molecule has 5 heteroatoms. The van der Waals surface area contributed by atoms with Crippen LogP contribution in [0.5, 0.6) is 0 Å². The summed E-state index contributed by atoms with van der Waals surface area (Å²) in [6, 6.07) is 0. The molecule has 0 N–H and O–H groups in total. The van der Waals surface area contributed by atoms with Crippen molar-refractivity contribution in [2.24, 2.45) is 17.8 Å². The number of hydrogen-bond acceptors (Lipinski definition) is 4. The Labute approximate surface area is 115 Å². The number of fused-ring (bicyclic) bond motifs is 1. The maximum atomic E-state index is 11.9. The third-order valence-electron chi connectivity index (χ3n) is 4.42. The van der Waals surface area contributed by atoms with Crippen molar-refractivity contribution in [1.29, 1.82) is 0 Å². The fourth-order valence-corrected chi connectivity index (χ4v) is 3.77. The summed E-state index contributed by atoms with van der Waals surface area (Å²) >= 11 is 3.22. The molecule has 6 unspecified atom stereocenters. The number of hydrogen-bond donors (Lipinski definition) is 0. The first-order chi connectivity index (χ1) is 8.54. The molecule has 4 aliphatic rings. The molecule has 0 aromatic heterocycles. The number of esters is 2. The fraction of sp³-hybridized carbons (Fsp3) is 0.846. The van der Waals surface area contributed by atoms with Crippen LogP contribution in [-0.2, 0) is 19.1 Å². The standard InChI is InChI=1S/C13H17BrO4/c1-6(14)12(15)18-11-8-2-7-3-9(5-8)13(16)17-10(11)4-7/h6-11H,2-5H2,1H3. The summed E-state index contributed by atoms with van der Waals surface area (Å²) < 4.78 is 11.1. The van der Waals surface area contributed by atoms with E-state index >= 15 is 0 Å². The number of carbonyl (C=O) groups excluding carboxylic acids is 2. The van der Waals surface area contributed by atoms with E-state index in [4.69, 9.17) is 9.47 Å². The molecule has 4 fully saturated rings. The third-order valence-corrected chi connectivity index (χ3v) is 4.79. The highest BCUT2D eigenvalue weighted by Gasteiger charge is 2.51. The average molecular weight is 317 g/mol. The van der Waals surface area contributed by atoms with Gasteiger partial charge >= 0.3 is 11.9 Å². The summed E-state index contributed by atoms with van der Waals surface area (Å²) in [6.45, 7) is 1.75. The van der Waals surface area contributed by atoms with Gasteiger partial charge in [0, 0.05) is 5.92 Å². The minimum Gasteiger partial charge on any atom is -0.458 e. The molecule has 0 amide bonds. The Hall–Kier alpha value is -0.580. The lowest BCUT2D eigenvalue weighted by molar-refractivity contribution is -0.171. The van der Waals surface area contributed by atoms with Crippen molar-refractivity contribution >= 4 is 27.9 Å². The molecular formula is C13H17BrO4. The first kappa shape index (κ1) is 12.5. The lowest BCUT2D eigenvalue weighted by Crippen LogP contribution is -2.46. The van der Waals surface area contributed by atoms with Crippen molar-refractivity contribution in [2.75, 3.05) is 0 Å². The third kappa shape index (κ3) is 2.06. The summed E-state index contributed by atoms with van der Waals surface area (Å²) in [5.74, 6) is 0.556. The Balaban J connectivity index is 1.80. The zero-order valence-corrected chi connectivity index (χ0v) is 11.9. The quantitative estimate of drug-likeness (QED) is 0.578. The van der Waals surface area contributed by atoms with Crippen LogP contribution in [0.2, 0.25) is 0 Å². The topological polar surface area (TPSA) is 52.6 Å². The summed E-state index contributed by atoms with van der Waals surface area (Å²) in [6.07, 6.45) is 3.25. The van der Waals surface area contributed by atoms with Gasteiger partial charge in [-0.3, -0.25) is 9.59 Å². The number of halogens is 1. The Morgan fingerprint density at radius 1 is 1.39 bits per heavy atom. The maximum absolute atomic E-state index is 11.9. The van der Waals surface area contributed by atoms with Crippen molar-refractivity contribution in [3.05, 3.63) is 0 Å². The highest BCUT2D eigenvalue weighted by atomic mass is 79.9. The van der Waals surface area contributed by atoms with Crippen LogP contribution < -0.4 is 0 Å². The van der Waals surface area contributed by atoms with E-state index in [9.17, 15) is 9.59 Å². The second-order valence-electron chi connectivity index (χ2n) is 5.76. The van der Waals surface area contributed by atoms with E-state index in [0.717, 1.165) is 25.7 Å². The van der Waals surface area contributed by atoms with Gasteiger partial charge in [0.15, 0.2) is 0 Å². The Morgan fingerprint density at radius 3 is 2.89 bits per heavy atom. The van der Waals surface area contributed by atoms with Gasteiger partial charge in [-0.1, -0.05) is 15.9 Å². The van der Waals surface area contributed by atoms with Gasteiger partial charge in [0.1, 0.15) is 17.0 Å². The number of rotatable bonds is 2. The van der Waals surface area contributed by atoms with Gasteiger partial charge in [0.05, 0.1) is 5.92 Å². The first-order valence-corrected chi connectivity index (χ1v) is 7.51. The molecule has 2 saturated carbocycles. The molecule has 0 radical (unpaired) electrons. The molecule has 2 saturated heterocycles. The van der Waals surface area contributed by atoms with E-state index in [-0.39, 0.29) is 34.9 Å². The van der Waals surface area contributed by atoms with Crippen molar-refractivity contribution in [1.82, 2.24) is 0 Å². The Morgan fingerprint density at radius 2 is 2.17 bits per heavy atom. The SMILES string of the molecule is CC(Br)C(=O)OC1C2CC3CC(C2)C(=O)OC1C3.